The molecule has 19 heavy (non-hydrogen) atoms. The highest BCUT2D eigenvalue weighted by atomic mass is 16.6. The molecule has 0 aliphatic carbocycles. The maximum Gasteiger partial charge on any atom is 0.291 e. The Balaban J connectivity index is 1.89. The van der Waals surface area contributed by atoms with Crippen LogP contribution in [-0.2, 0) is 4.74 Å². The molecule has 102 valence electrons. The minimum atomic E-state index is -0.470. The van der Waals surface area contributed by atoms with Gasteiger partial charge in [0, 0.05) is 13.1 Å². The van der Waals surface area contributed by atoms with Crippen molar-refractivity contribution in [1.29, 1.82) is 0 Å². The normalized spacial score (nSPS) is 25.4. The number of hydrogen-bond donors (Lipinski definition) is 0. The second-order valence-electron chi connectivity index (χ2n) is 4.84. The first-order chi connectivity index (χ1) is 9.17. The molecule has 2 fully saturated rings. The summed E-state index contributed by atoms with van der Waals surface area (Å²) in [6.07, 6.45) is 3.88. The molecule has 2 aliphatic heterocycles. The van der Waals surface area contributed by atoms with Gasteiger partial charge in [-0.15, -0.1) is 0 Å². The van der Waals surface area contributed by atoms with Crippen molar-refractivity contribution in [2.75, 3.05) is 25.1 Å². The fourth-order valence-corrected chi connectivity index (χ4v) is 2.70. The van der Waals surface area contributed by atoms with Crippen LogP contribution in [0.1, 0.15) is 12.8 Å². The van der Waals surface area contributed by atoms with E-state index in [1.54, 1.807) is 0 Å². The second kappa shape index (κ2) is 4.65. The molecule has 7 heteroatoms. The minimum Gasteiger partial charge on any atom is -0.493 e. The van der Waals surface area contributed by atoms with Crippen molar-refractivity contribution < 1.29 is 14.4 Å². The third kappa shape index (κ3) is 2.21. The van der Waals surface area contributed by atoms with Crippen LogP contribution in [0.2, 0.25) is 0 Å². The molecule has 3 heterocycles. The molecule has 1 aromatic heterocycles. The predicted molar refractivity (Wildman–Crippen MR) is 67.6 cm³/mol. The monoisotopic (exact) mass is 265 g/mol. The summed E-state index contributed by atoms with van der Waals surface area (Å²) in [4.78, 5) is 16.6. The van der Waals surface area contributed by atoms with E-state index in [0.717, 1.165) is 25.9 Å². The fourth-order valence-electron chi connectivity index (χ4n) is 2.70. The van der Waals surface area contributed by atoms with Crippen molar-refractivity contribution in [1.82, 2.24) is 4.98 Å². The zero-order valence-electron chi connectivity index (χ0n) is 10.6. The average molecular weight is 265 g/mol. The van der Waals surface area contributed by atoms with Gasteiger partial charge in [0.2, 0.25) is 0 Å². The second-order valence-corrected chi connectivity index (χ2v) is 4.84. The first kappa shape index (κ1) is 12.2. The summed E-state index contributed by atoms with van der Waals surface area (Å²) in [5.41, 5.74) is -0.0585. The first-order valence-corrected chi connectivity index (χ1v) is 6.26. The number of fused-ring (bicyclic) bond motifs is 2. The van der Waals surface area contributed by atoms with E-state index in [0.29, 0.717) is 11.6 Å². The highest BCUT2D eigenvalue weighted by Crippen LogP contribution is 2.34. The third-order valence-corrected chi connectivity index (χ3v) is 3.59. The molecule has 7 nitrogen and oxygen atoms in total. The lowest BCUT2D eigenvalue weighted by atomic mass is 10.2. The largest absolute Gasteiger partial charge is 0.493 e. The van der Waals surface area contributed by atoms with Gasteiger partial charge in [-0.3, -0.25) is 10.1 Å². The lowest BCUT2D eigenvalue weighted by molar-refractivity contribution is -0.385. The van der Waals surface area contributed by atoms with Gasteiger partial charge in [0.05, 0.1) is 30.3 Å². The SMILES string of the molecule is COc1cc([N+](=O)[O-])cnc1N1C[C@H]2CC[C@@H](C1)O2. The summed E-state index contributed by atoms with van der Waals surface area (Å²) >= 11 is 0. The Kier molecular flexibility index (Phi) is 2.98. The molecule has 0 amide bonds. The van der Waals surface area contributed by atoms with Gasteiger partial charge in [0.15, 0.2) is 11.6 Å². The van der Waals surface area contributed by atoms with Crippen LogP contribution in [0.3, 0.4) is 0 Å². The van der Waals surface area contributed by atoms with Gasteiger partial charge < -0.3 is 14.4 Å². The maximum atomic E-state index is 10.7. The molecule has 2 saturated heterocycles. The Labute approximate surface area is 110 Å². The Morgan fingerprint density at radius 3 is 2.74 bits per heavy atom. The Morgan fingerprint density at radius 2 is 2.16 bits per heavy atom. The van der Waals surface area contributed by atoms with Crippen LogP contribution in [0.5, 0.6) is 5.75 Å². The van der Waals surface area contributed by atoms with Crippen LogP contribution >= 0.6 is 0 Å². The van der Waals surface area contributed by atoms with E-state index in [4.69, 9.17) is 9.47 Å². The van der Waals surface area contributed by atoms with Gasteiger partial charge in [-0.05, 0) is 12.8 Å². The van der Waals surface area contributed by atoms with Crippen molar-refractivity contribution in [2.24, 2.45) is 0 Å². The van der Waals surface area contributed by atoms with Crippen LogP contribution in [0.25, 0.3) is 0 Å². The molecule has 0 unspecified atom stereocenters. The van der Waals surface area contributed by atoms with Gasteiger partial charge in [-0.25, -0.2) is 4.98 Å². The molecule has 0 aromatic carbocycles. The smallest absolute Gasteiger partial charge is 0.291 e. The average Bonchev–Trinajstić information content (AvgIpc) is 2.76. The molecule has 1 aromatic rings. The molecule has 2 aliphatic rings. The van der Waals surface area contributed by atoms with Crippen molar-refractivity contribution in [3.63, 3.8) is 0 Å². The summed E-state index contributed by atoms with van der Waals surface area (Å²) in [5, 5.41) is 10.7. The van der Waals surface area contributed by atoms with Crippen LogP contribution in [-0.4, -0.2) is 42.3 Å². The minimum absolute atomic E-state index is 0.0585. The number of hydrogen-bond acceptors (Lipinski definition) is 6. The van der Waals surface area contributed by atoms with Crippen molar-refractivity contribution >= 4 is 11.5 Å². The fraction of sp³-hybridized carbons (Fsp3) is 0.583. The number of ether oxygens (including phenoxy) is 2. The highest BCUT2D eigenvalue weighted by molar-refractivity contribution is 5.56. The van der Waals surface area contributed by atoms with E-state index in [-0.39, 0.29) is 17.9 Å². The lowest BCUT2D eigenvalue weighted by Crippen LogP contribution is -2.43. The van der Waals surface area contributed by atoms with Crippen LogP contribution in [0.15, 0.2) is 12.3 Å². The Morgan fingerprint density at radius 1 is 1.47 bits per heavy atom. The molecule has 0 radical (unpaired) electrons. The quantitative estimate of drug-likeness (QED) is 0.606. The molecule has 0 spiro atoms. The van der Waals surface area contributed by atoms with E-state index in [2.05, 4.69) is 9.88 Å². The summed E-state index contributed by atoms with van der Waals surface area (Å²) in [6, 6.07) is 1.42. The Bertz CT molecular complexity index is 496. The first-order valence-electron chi connectivity index (χ1n) is 6.26. The number of methoxy groups -OCH3 is 1. The molecule has 0 N–H and O–H groups in total. The highest BCUT2D eigenvalue weighted by Gasteiger charge is 2.35. The Hall–Kier alpha value is -1.89. The molecule has 2 atom stereocenters. The van der Waals surface area contributed by atoms with Crippen LogP contribution < -0.4 is 9.64 Å². The van der Waals surface area contributed by atoms with E-state index in [1.807, 2.05) is 0 Å². The van der Waals surface area contributed by atoms with Crippen molar-refractivity contribution in [3.8, 4) is 5.75 Å². The molecule has 0 saturated carbocycles. The number of nitro groups is 1. The molecular formula is C12H15N3O4. The van der Waals surface area contributed by atoms with E-state index in [1.165, 1.54) is 19.4 Å². The van der Waals surface area contributed by atoms with Gasteiger partial charge in [-0.1, -0.05) is 0 Å². The zero-order valence-corrected chi connectivity index (χ0v) is 10.6. The molecule has 2 bridgehead atoms. The van der Waals surface area contributed by atoms with Gasteiger partial charge in [0.25, 0.3) is 5.69 Å². The standard InChI is InChI=1S/C12H15N3O4/c1-18-11-4-8(15(16)17)5-13-12(11)14-6-9-2-3-10(7-14)19-9/h4-5,9-10H,2-3,6-7H2,1H3/t9-,10+. The topological polar surface area (TPSA) is 77.7 Å². The van der Waals surface area contributed by atoms with Crippen molar-refractivity contribution in [3.05, 3.63) is 22.4 Å². The van der Waals surface area contributed by atoms with Gasteiger partial charge in [0.1, 0.15) is 6.20 Å². The number of aromatic nitrogens is 1. The van der Waals surface area contributed by atoms with Crippen LogP contribution in [0.4, 0.5) is 11.5 Å². The van der Waals surface area contributed by atoms with E-state index >= 15 is 0 Å². The maximum absolute atomic E-state index is 10.7. The van der Waals surface area contributed by atoms with Crippen molar-refractivity contribution in [2.45, 2.75) is 25.0 Å². The number of morpholine rings is 1. The summed E-state index contributed by atoms with van der Waals surface area (Å²) in [6.45, 7) is 1.52. The lowest BCUT2D eigenvalue weighted by Gasteiger charge is -2.33. The van der Waals surface area contributed by atoms with Crippen LogP contribution in [0, 0.1) is 10.1 Å². The van der Waals surface area contributed by atoms with Gasteiger partial charge >= 0.3 is 0 Å². The third-order valence-electron chi connectivity index (χ3n) is 3.59. The zero-order chi connectivity index (χ0) is 13.4. The number of nitrogens with zero attached hydrogens (tertiary/aromatic N) is 3. The van der Waals surface area contributed by atoms with E-state index in [9.17, 15) is 10.1 Å². The summed E-state index contributed by atoms with van der Waals surface area (Å²) in [5.74, 6) is 1.10. The number of anilines is 1. The van der Waals surface area contributed by atoms with Gasteiger partial charge in [-0.2, -0.15) is 0 Å². The number of pyridine rings is 1. The molecular weight excluding hydrogens is 250 g/mol. The summed E-state index contributed by atoms with van der Waals surface area (Å²) in [7, 11) is 1.50. The predicted octanol–water partition coefficient (Wildman–Crippen LogP) is 1.37. The summed E-state index contributed by atoms with van der Waals surface area (Å²) < 4.78 is 11.0. The number of rotatable bonds is 3. The molecule has 3 rings (SSSR count). The van der Waals surface area contributed by atoms with E-state index < -0.39 is 4.92 Å².